The molecular weight excluding hydrogens is 474 g/mol. The molecule has 0 heterocycles. The Morgan fingerprint density at radius 1 is 1.03 bits per heavy atom. The van der Waals surface area contributed by atoms with Crippen LogP contribution in [0.25, 0.3) is 0 Å². The molecule has 0 aliphatic heterocycles. The number of benzene rings is 2. The Hall–Kier alpha value is -2.87. The van der Waals surface area contributed by atoms with Crippen LogP contribution in [0.3, 0.4) is 0 Å². The van der Waals surface area contributed by atoms with E-state index in [0.29, 0.717) is 25.1 Å². The van der Waals surface area contributed by atoms with Crippen molar-refractivity contribution in [1.29, 1.82) is 0 Å². The van der Waals surface area contributed by atoms with Crippen LogP contribution in [0.15, 0.2) is 48.5 Å². The molecule has 2 amide bonds. The summed E-state index contributed by atoms with van der Waals surface area (Å²) in [5, 5.41) is 3.00. The summed E-state index contributed by atoms with van der Waals surface area (Å²) >= 11 is 0. The van der Waals surface area contributed by atoms with E-state index >= 15 is 0 Å². The third-order valence-corrected chi connectivity index (χ3v) is 7.04. The zero-order chi connectivity index (χ0) is 27.1. The summed E-state index contributed by atoms with van der Waals surface area (Å²) in [7, 11) is -3.52. The predicted octanol–water partition coefficient (Wildman–Crippen LogP) is 4.57. The van der Waals surface area contributed by atoms with Crippen LogP contribution in [0.4, 0.5) is 5.69 Å². The van der Waals surface area contributed by atoms with Crippen LogP contribution in [0.1, 0.15) is 63.6 Å². The fraction of sp³-hybridized carbons (Fsp3) is 0.500. The molecule has 7 nitrogen and oxygen atoms in total. The molecule has 0 aromatic heterocycles. The second-order valence-electron chi connectivity index (χ2n) is 10.4. The minimum absolute atomic E-state index is 0.128. The van der Waals surface area contributed by atoms with Crippen LogP contribution in [-0.2, 0) is 26.2 Å². The highest BCUT2D eigenvalue weighted by Crippen LogP contribution is 2.23. The van der Waals surface area contributed by atoms with Gasteiger partial charge in [-0.05, 0) is 64.7 Å². The first-order chi connectivity index (χ1) is 16.7. The maximum absolute atomic E-state index is 13.5. The predicted molar refractivity (Wildman–Crippen MR) is 146 cm³/mol. The number of nitrogens with one attached hydrogen (secondary N) is 1. The summed E-state index contributed by atoms with van der Waals surface area (Å²) in [5.41, 5.74) is 3.06. The molecule has 0 fully saturated rings. The van der Waals surface area contributed by atoms with E-state index in [1.165, 1.54) is 10.6 Å². The van der Waals surface area contributed by atoms with Crippen molar-refractivity contribution in [2.45, 2.75) is 78.9 Å². The van der Waals surface area contributed by atoms with Crippen LogP contribution in [0.2, 0.25) is 0 Å². The summed E-state index contributed by atoms with van der Waals surface area (Å²) in [4.78, 5) is 28.3. The molecular formula is C28H41N3O4S. The lowest BCUT2D eigenvalue weighted by molar-refractivity contribution is -0.142. The molecule has 0 saturated heterocycles. The molecule has 198 valence electrons. The van der Waals surface area contributed by atoms with Gasteiger partial charge in [0.2, 0.25) is 21.8 Å². The smallest absolute Gasteiger partial charge is 0.243 e. The Balaban J connectivity index is 2.25. The molecule has 36 heavy (non-hydrogen) atoms. The molecule has 0 aliphatic carbocycles. The minimum Gasteiger partial charge on any atom is -0.350 e. The largest absolute Gasteiger partial charge is 0.350 e. The van der Waals surface area contributed by atoms with E-state index in [-0.39, 0.29) is 24.8 Å². The molecule has 2 aromatic rings. The van der Waals surface area contributed by atoms with Crippen molar-refractivity contribution < 1.29 is 18.0 Å². The number of hydrogen-bond acceptors (Lipinski definition) is 4. The van der Waals surface area contributed by atoms with Gasteiger partial charge in [-0.15, -0.1) is 0 Å². The van der Waals surface area contributed by atoms with Gasteiger partial charge in [0.15, 0.2) is 0 Å². The van der Waals surface area contributed by atoms with Crippen LogP contribution < -0.4 is 9.62 Å². The van der Waals surface area contributed by atoms with Gasteiger partial charge in [-0.3, -0.25) is 13.9 Å². The van der Waals surface area contributed by atoms with E-state index in [9.17, 15) is 18.0 Å². The Kier molecular flexibility index (Phi) is 10.1. The summed E-state index contributed by atoms with van der Waals surface area (Å²) in [6, 6.07) is 14.6. The fourth-order valence-corrected chi connectivity index (χ4v) is 5.23. The molecule has 0 saturated carbocycles. The number of rotatable bonds is 11. The molecule has 0 bridgehead atoms. The molecule has 0 aliphatic rings. The molecule has 0 spiro atoms. The number of hydrogen-bond donors (Lipinski definition) is 1. The first kappa shape index (κ1) is 29.4. The highest BCUT2D eigenvalue weighted by Gasteiger charge is 2.30. The number of sulfonamides is 1. The third-order valence-electron chi connectivity index (χ3n) is 5.86. The average molecular weight is 516 g/mol. The van der Waals surface area contributed by atoms with Crippen LogP contribution >= 0.6 is 0 Å². The highest BCUT2D eigenvalue weighted by atomic mass is 32.2. The normalized spacial score (nSPS) is 12.6. The number of aryl methyl sites for hydroxylation is 2. The maximum atomic E-state index is 13.5. The van der Waals surface area contributed by atoms with Gasteiger partial charge in [0.05, 0.1) is 11.9 Å². The summed E-state index contributed by atoms with van der Waals surface area (Å²) in [6.07, 6.45) is 2.11. The van der Waals surface area contributed by atoms with Crippen molar-refractivity contribution >= 4 is 27.5 Å². The maximum Gasteiger partial charge on any atom is 0.243 e. The number of amides is 2. The Morgan fingerprint density at radius 2 is 1.69 bits per heavy atom. The molecule has 8 heteroatoms. The van der Waals surface area contributed by atoms with Crippen molar-refractivity contribution in [3.05, 3.63) is 65.2 Å². The Labute approximate surface area is 216 Å². The lowest BCUT2D eigenvalue weighted by Gasteiger charge is -2.33. The van der Waals surface area contributed by atoms with E-state index in [0.717, 1.165) is 16.7 Å². The SMILES string of the molecule is CCC(C(=O)NC(C)(C)C)N(Cc1cccc(C)c1)C(=O)CCCN(c1ccccc1C)S(C)(=O)=O. The lowest BCUT2D eigenvalue weighted by Crippen LogP contribution is -2.53. The second-order valence-corrected chi connectivity index (χ2v) is 12.3. The van der Waals surface area contributed by atoms with E-state index < -0.39 is 21.6 Å². The standard InChI is InChI=1S/C28H41N3O4S/c1-8-24(27(33)29-28(4,5)6)30(20-23-15-11-13-21(2)19-23)26(32)17-12-18-31(36(7,34)35)25-16-10-9-14-22(25)3/h9-11,13-16,19,24H,8,12,17-18,20H2,1-7H3,(H,29,33). The number of anilines is 1. The molecule has 0 radical (unpaired) electrons. The van der Waals surface area contributed by atoms with E-state index in [1.807, 2.05) is 77.9 Å². The minimum atomic E-state index is -3.52. The third kappa shape index (κ3) is 8.66. The first-order valence-corrected chi connectivity index (χ1v) is 14.3. The van der Waals surface area contributed by atoms with Crippen molar-refractivity contribution in [1.82, 2.24) is 10.2 Å². The second kappa shape index (κ2) is 12.4. The summed E-state index contributed by atoms with van der Waals surface area (Å²) in [6.45, 7) is 12.0. The lowest BCUT2D eigenvalue weighted by atomic mass is 10.0. The van der Waals surface area contributed by atoms with Gasteiger partial charge < -0.3 is 10.2 Å². The Morgan fingerprint density at radius 3 is 2.25 bits per heavy atom. The van der Waals surface area contributed by atoms with Gasteiger partial charge in [-0.2, -0.15) is 0 Å². The van der Waals surface area contributed by atoms with Crippen LogP contribution in [0, 0.1) is 13.8 Å². The quantitative estimate of drug-likeness (QED) is 0.475. The molecule has 1 atom stereocenters. The topological polar surface area (TPSA) is 86.8 Å². The van der Waals surface area contributed by atoms with Gasteiger partial charge in [0.1, 0.15) is 6.04 Å². The zero-order valence-corrected chi connectivity index (χ0v) is 23.5. The number of para-hydroxylation sites is 1. The summed E-state index contributed by atoms with van der Waals surface area (Å²) < 4.78 is 26.4. The summed E-state index contributed by atoms with van der Waals surface area (Å²) in [5.74, 6) is -0.366. The van der Waals surface area contributed by atoms with Crippen molar-refractivity contribution in [3.8, 4) is 0 Å². The average Bonchev–Trinajstić information content (AvgIpc) is 2.75. The van der Waals surface area contributed by atoms with Gasteiger partial charge in [0.25, 0.3) is 0 Å². The number of nitrogens with zero attached hydrogens (tertiary/aromatic N) is 2. The van der Waals surface area contributed by atoms with Gasteiger partial charge in [0, 0.05) is 25.0 Å². The molecule has 2 rings (SSSR count). The van der Waals surface area contributed by atoms with E-state index in [1.54, 1.807) is 17.0 Å². The van der Waals surface area contributed by atoms with Crippen molar-refractivity contribution in [2.75, 3.05) is 17.1 Å². The molecule has 1 N–H and O–H groups in total. The monoisotopic (exact) mass is 515 g/mol. The van der Waals surface area contributed by atoms with E-state index in [2.05, 4.69) is 5.32 Å². The van der Waals surface area contributed by atoms with E-state index in [4.69, 9.17) is 0 Å². The van der Waals surface area contributed by atoms with Crippen molar-refractivity contribution in [2.24, 2.45) is 0 Å². The van der Waals surface area contributed by atoms with Crippen molar-refractivity contribution in [3.63, 3.8) is 0 Å². The van der Waals surface area contributed by atoms with Crippen LogP contribution in [-0.4, -0.2) is 49.5 Å². The number of carbonyl (C=O) groups excluding carboxylic acids is 2. The first-order valence-electron chi connectivity index (χ1n) is 12.4. The van der Waals surface area contributed by atoms with Gasteiger partial charge in [-0.1, -0.05) is 55.0 Å². The highest BCUT2D eigenvalue weighted by molar-refractivity contribution is 7.92. The van der Waals surface area contributed by atoms with Gasteiger partial charge >= 0.3 is 0 Å². The fourth-order valence-electron chi connectivity index (χ4n) is 4.21. The number of carbonyl (C=O) groups is 2. The van der Waals surface area contributed by atoms with Gasteiger partial charge in [-0.25, -0.2) is 8.42 Å². The Bertz CT molecular complexity index is 1160. The molecule has 2 aromatic carbocycles. The zero-order valence-electron chi connectivity index (χ0n) is 22.7. The van der Waals surface area contributed by atoms with Crippen LogP contribution in [0.5, 0.6) is 0 Å². The molecule has 1 unspecified atom stereocenters.